The third-order valence-electron chi connectivity index (χ3n) is 10.8. The van der Waals surface area contributed by atoms with E-state index in [9.17, 15) is 0 Å². The molecule has 266 valence electrons. The number of rotatable bonds is 8. The highest BCUT2D eigenvalue weighted by Crippen LogP contribution is 2.46. The van der Waals surface area contributed by atoms with Gasteiger partial charge in [-0.2, -0.15) is 0 Å². The number of benzene rings is 8. The normalized spacial score (nSPS) is 11.8. The van der Waals surface area contributed by atoms with Gasteiger partial charge in [-0.25, -0.2) is 0 Å². The van der Waals surface area contributed by atoms with Crippen molar-refractivity contribution in [2.75, 3.05) is 4.90 Å². The summed E-state index contributed by atoms with van der Waals surface area (Å²) >= 11 is 1.79. The first-order valence-electron chi connectivity index (χ1n) is 19.0. The molecular formula is C53H37NOS. The van der Waals surface area contributed by atoms with Crippen molar-refractivity contribution in [3.05, 3.63) is 205 Å². The Labute approximate surface area is 330 Å². The minimum Gasteiger partial charge on any atom is -0.456 e. The third kappa shape index (κ3) is 5.81. The Morgan fingerprint density at radius 1 is 0.571 bits per heavy atom. The lowest BCUT2D eigenvalue weighted by atomic mass is 9.96. The van der Waals surface area contributed by atoms with Gasteiger partial charge in [0.25, 0.3) is 0 Å². The fourth-order valence-corrected chi connectivity index (χ4v) is 9.20. The van der Waals surface area contributed by atoms with Crippen molar-refractivity contribution in [3.63, 3.8) is 0 Å². The van der Waals surface area contributed by atoms with Gasteiger partial charge in [0.1, 0.15) is 11.2 Å². The molecule has 0 aliphatic rings. The van der Waals surface area contributed by atoms with Crippen molar-refractivity contribution in [1.82, 2.24) is 0 Å². The molecule has 0 saturated heterocycles. The minimum atomic E-state index is 0.882. The van der Waals surface area contributed by atoms with Gasteiger partial charge in [0.15, 0.2) is 0 Å². The van der Waals surface area contributed by atoms with Crippen LogP contribution in [0, 0.1) is 0 Å². The molecule has 2 nitrogen and oxygen atoms in total. The number of anilines is 3. The molecule has 8 aromatic carbocycles. The van der Waals surface area contributed by atoms with Crippen LogP contribution < -0.4 is 4.90 Å². The van der Waals surface area contributed by atoms with E-state index in [1.54, 1.807) is 11.3 Å². The Bertz CT molecular complexity index is 3120. The molecule has 0 spiro atoms. The van der Waals surface area contributed by atoms with Gasteiger partial charge in [0.2, 0.25) is 0 Å². The van der Waals surface area contributed by atoms with Crippen LogP contribution in [0.2, 0.25) is 0 Å². The summed E-state index contributed by atoms with van der Waals surface area (Å²) in [7, 11) is 0. The Kier molecular flexibility index (Phi) is 8.43. The average molecular weight is 736 g/mol. The number of allylic oxidation sites excluding steroid dienone is 1. The van der Waals surface area contributed by atoms with E-state index in [4.69, 9.17) is 4.42 Å². The standard InChI is InChI=1S/C53H37NOS/c1-3-51-47(44-21-8-11-28-52(44)56-51)33-35(2)38-17-12-18-40(34-38)54(39-31-29-37(30-32-39)42-23-13-16-36-15-4-5-19-41(36)42)48-25-9-6-20-43(48)45-24-14-27-50-53(45)46-22-7-10-26-49(46)55-50/h3-34H,1H2,2H3/b35-33+. The molecule has 3 heteroatoms. The molecule has 0 aliphatic carbocycles. The summed E-state index contributed by atoms with van der Waals surface area (Å²) in [5.41, 5.74) is 13.2. The van der Waals surface area contributed by atoms with Crippen molar-refractivity contribution < 1.29 is 4.42 Å². The monoisotopic (exact) mass is 735 g/mol. The van der Waals surface area contributed by atoms with Crippen LogP contribution in [0.4, 0.5) is 17.1 Å². The van der Waals surface area contributed by atoms with Crippen LogP contribution >= 0.6 is 11.3 Å². The highest BCUT2D eigenvalue weighted by Gasteiger charge is 2.21. The van der Waals surface area contributed by atoms with E-state index >= 15 is 0 Å². The maximum absolute atomic E-state index is 6.37. The molecule has 0 unspecified atom stereocenters. The van der Waals surface area contributed by atoms with Crippen LogP contribution in [-0.2, 0) is 0 Å². The van der Waals surface area contributed by atoms with Crippen LogP contribution in [0.5, 0.6) is 0 Å². The van der Waals surface area contributed by atoms with E-state index in [1.807, 2.05) is 18.2 Å². The summed E-state index contributed by atoms with van der Waals surface area (Å²) in [4.78, 5) is 3.58. The Balaban J connectivity index is 1.15. The number of para-hydroxylation sites is 2. The van der Waals surface area contributed by atoms with Crippen LogP contribution in [0.3, 0.4) is 0 Å². The molecule has 0 fully saturated rings. The molecule has 10 rings (SSSR count). The molecule has 2 heterocycles. The first-order valence-corrected chi connectivity index (χ1v) is 19.8. The van der Waals surface area contributed by atoms with E-state index in [0.717, 1.165) is 55.7 Å². The second-order valence-electron chi connectivity index (χ2n) is 14.2. The van der Waals surface area contributed by atoms with Crippen molar-refractivity contribution >= 4 is 88.9 Å². The van der Waals surface area contributed by atoms with Gasteiger partial charge in [0, 0.05) is 48.2 Å². The smallest absolute Gasteiger partial charge is 0.136 e. The summed E-state index contributed by atoms with van der Waals surface area (Å²) in [5, 5.41) is 5.97. The van der Waals surface area contributed by atoms with E-state index in [-0.39, 0.29) is 0 Å². The van der Waals surface area contributed by atoms with Gasteiger partial charge in [-0.15, -0.1) is 11.3 Å². The number of thiophene rings is 1. The number of hydrogen-bond donors (Lipinski definition) is 0. The molecule has 0 bridgehead atoms. The van der Waals surface area contributed by atoms with Crippen LogP contribution in [0.25, 0.3) is 82.8 Å². The fourth-order valence-electron chi connectivity index (χ4n) is 8.16. The van der Waals surface area contributed by atoms with E-state index in [1.165, 1.54) is 48.0 Å². The number of furan rings is 1. The Morgan fingerprint density at radius 2 is 1.23 bits per heavy atom. The Hall–Kier alpha value is -6.94. The van der Waals surface area contributed by atoms with E-state index in [2.05, 4.69) is 194 Å². The van der Waals surface area contributed by atoms with Gasteiger partial charge >= 0.3 is 0 Å². The van der Waals surface area contributed by atoms with Crippen molar-refractivity contribution in [1.29, 1.82) is 0 Å². The number of fused-ring (bicyclic) bond motifs is 5. The summed E-state index contributed by atoms with van der Waals surface area (Å²) in [5.74, 6) is 0. The molecule has 0 amide bonds. The second kappa shape index (κ2) is 14.0. The lowest BCUT2D eigenvalue weighted by Gasteiger charge is -2.28. The molecule has 0 N–H and O–H groups in total. The van der Waals surface area contributed by atoms with Crippen molar-refractivity contribution in [2.24, 2.45) is 0 Å². The van der Waals surface area contributed by atoms with Crippen molar-refractivity contribution in [3.8, 4) is 22.3 Å². The quantitative estimate of drug-likeness (QED) is 0.154. The lowest BCUT2D eigenvalue weighted by molar-refractivity contribution is 0.669. The molecular weight excluding hydrogens is 699 g/mol. The second-order valence-corrected chi connectivity index (χ2v) is 15.2. The molecule has 0 saturated carbocycles. The van der Waals surface area contributed by atoms with Crippen LogP contribution in [0.1, 0.15) is 22.9 Å². The lowest BCUT2D eigenvalue weighted by Crippen LogP contribution is -2.11. The SMILES string of the molecule is C=Cc1sc2ccccc2c1/C=C(\C)c1cccc(N(c2ccc(-c3cccc4ccccc34)cc2)c2ccccc2-c2cccc3oc4ccccc4c23)c1. The van der Waals surface area contributed by atoms with Gasteiger partial charge in [-0.3, -0.25) is 0 Å². The van der Waals surface area contributed by atoms with Gasteiger partial charge in [-0.05, 0) is 100 Å². The largest absolute Gasteiger partial charge is 0.456 e. The summed E-state index contributed by atoms with van der Waals surface area (Å²) in [6, 6.07) is 65.1. The summed E-state index contributed by atoms with van der Waals surface area (Å²) in [6.07, 6.45) is 4.29. The molecule has 10 aromatic rings. The zero-order valence-electron chi connectivity index (χ0n) is 30.9. The maximum atomic E-state index is 6.37. The fraction of sp³-hybridized carbons (Fsp3) is 0.0189. The predicted molar refractivity (Wildman–Crippen MR) is 242 cm³/mol. The van der Waals surface area contributed by atoms with Gasteiger partial charge in [0.05, 0.1) is 5.69 Å². The highest BCUT2D eigenvalue weighted by atomic mass is 32.1. The molecule has 0 atom stereocenters. The van der Waals surface area contributed by atoms with Crippen molar-refractivity contribution in [2.45, 2.75) is 6.92 Å². The third-order valence-corrected chi connectivity index (χ3v) is 12.0. The Morgan fingerprint density at radius 3 is 2.11 bits per heavy atom. The molecule has 0 aliphatic heterocycles. The minimum absolute atomic E-state index is 0.882. The zero-order chi connectivity index (χ0) is 37.6. The highest BCUT2D eigenvalue weighted by molar-refractivity contribution is 7.20. The molecule has 56 heavy (non-hydrogen) atoms. The number of nitrogens with zero attached hydrogens (tertiary/aromatic N) is 1. The van der Waals surface area contributed by atoms with Crippen LogP contribution in [-0.4, -0.2) is 0 Å². The average Bonchev–Trinajstić information content (AvgIpc) is 3.82. The predicted octanol–water partition coefficient (Wildman–Crippen LogP) is 16.0. The van der Waals surface area contributed by atoms with E-state index in [0.29, 0.717) is 0 Å². The number of hydrogen-bond acceptors (Lipinski definition) is 3. The first-order chi connectivity index (χ1) is 27.6. The maximum Gasteiger partial charge on any atom is 0.136 e. The zero-order valence-corrected chi connectivity index (χ0v) is 31.8. The molecule has 0 radical (unpaired) electrons. The van der Waals surface area contributed by atoms with Crippen LogP contribution in [0.15, 0.2) is 193 Å². The topological polar surface area (TPSA) is 16.4 Å². The van der Waals surface area contributed by atoms with Gasteiger partial charge < -0.3 is 9.32 Å². The summed E-state index contributed by atoms with van der Waals surface area (Å²) in [6.45, 7) is 6.35. The first kappa shape index (κ1) is 33.6. The molecule has 2 aromatic heterocycles. The summed E-state index contributed by atoms with van der Waals surface area (Å²) < 4.78 is 7.64. The van der Waals surface area contributed by atoms with E-state index < -0.39 is 0 Å². The van der Waals surface area contributed by atoms with Gasteiger partial charge in [-0.1, -0.05) is 146 Å².